The summed E-state index contributed by atoms with van der Waals surface area (Å²) in [6.45, 7) is 1.09. The molecular formula is C29H29N7O6. The second-order valence-electron chi connectivity index (χ2n) is 9.81. The quantitative estimate of drug-likeness (QED) is 0.334. The van der Waals surface area contributed by atoms with Crippen LogP contribution in [0, 0.1) is 0 Å². The number of amides is 2. The number of nitrogens with one attached hydrogen (secondary N) is 2. The van der Waals surface area contributed by atoms with Gasteiger partial charge in [-0.1, -0.05) is 30.3 Å². The Morgan fingerprint density at radius 3 is 1.67 bits per heavy atom. The van der Waals surface area contributed by atoms with Crippen LogP contribution in [0.15, 0.2) is 67.5 Å². The first kappa shape index (κ1) is 28.2. The number of ether oxygens (including phenoxy) is 2. The van der Waals surface area contributed by atoms with Gasteiger partial charge in [-0.25, -0.2) is 24.5 Å². The van der Waals surface area contributed by atoms with E-state index in [9.17, 15) is 19.2 Å². The Morgan fingerprint density at radius 2 is 1.21 bits per heavy atom. The highest BCUT2D eigenvalue weighted by Crippen LogP contribution is 2.13. The molecule has 1 aliphatic rings. The van der Waals surface area contributed by atoms with E-state index in [0.717, 1.165) is 11.1 Å². The number of aromatic nitrogens is 5. The van der Waals surface area contributed by atoms with Crippen molar-refractivity contribution in [1.82, 2.24) is 34.7 Å². The van der Waals surface area contributed by atoms with E-state index in [0.29, 0.717) is 24.5 Å². The van der Waals surface area contributed by atoms with E-state index in [1.165, 1.54) is 32.4 Å². The zero-order chi connectivity index (χ0) is 29.6. The molecular weight excluding hydrogens is 542 g/mol. The Morgan fingerprint density at radius 1 is 0.762 bits per heavy atom. The van der Waals surface area contributed by atoms with Gasteiger partial charge in [0, 0.05) is 38.3 Å². The van der Waals surface area contributed by atoms with Crippen LogP contribution in [0.5, 0.6) is 0 Å². The van der Waals surface area contributed by atoms with E-state index in [2.05, 4.69) is 31.7 Å². The predicted octanol–water partition coefficient (Wildman–Crippen LogP) is 0.913. The zero-order valence-electron chi connectivity index (χ0n) is 23.0. The normalized spacial score (nSPS) is 17.6. The standard InChI is InChI=1S/C29H29N7O6/c1-41-28(39)24-10-20-14-35(16-30-20)12-18-5-3-6-19(9-18)13-36-15-21(31-17-36)11-25(29(40)42-2)34-27(38)23-8-4-7-22(32-23)26(37)33-24/h3-9,14-17,24-25H,10-13H2,1-2H3,(H,33,37)(H,34,38). The van der Waals surface area contributed by atoms with E-state index in [1.54, 1.807) is 12.7 Å². The first-order chi connectivity index (χ1) is 20.3. The summed E-state index contributed by atoms with van der Waals surface area (Å²) >= 11 is 0. The molecule has 0 aliphatic carbocycles. The predicted molar refractivity (Wildman–Crippen MR) is 147 cm³/mol. The average Bonchev–Trinajstić information content (AvgIpc) is 3.64. The number of pyridine rings is 1. The van der Waals surface area contributed by atoms with Gasteiger partial charge >= 0.3 is 11.9 Å². The highest BCUT2D eigenvalue weighted by Gasteiger charge is 2.27. The molecule has 2 amide bonds. The number of esters is 2. The minimum Gasteiger partial charge on any atom is -0.467 e. The molecule has 1 aromatic carbocycles. The Labute approximate surface area is 240 Å². The zero-order valence-corrected chi connectivity index (χ0v) is 23.0. The molecule has 42 heavy (non-hydrogen) atoms. The van der Waals surface area contributed by atoms with Crippen LogP contribution >= 0.6 is 0 Å². The summed E-state index contributed by atoms with van der Waals surface area (Å²) in [5, 5.41) is 5.26. The van der Waals surface area contributed by atoms with Crippen molar-refractivity contribution in [2.45, 2.75) is 38.0 Å². The lowest BCUT2D eigenvalue weighted by Crippen LogP contribution is -2.44. The first-order valence-electron chi connectivity index (χ1n) is 13.1. The van der Waals surface area contributed by atoms with Crippen molar-refractivity contribution in [3.05, 3.63) is 101 Å². The van der Waals surface area contributed by atoms with Gasteiger partial charge in [-0.05, 0) is 23.3 Å². The van der Waals surface area contributed by atoms with Gasteiger partial charge in [0.2, 0.25) is 0 Å². The summed E-state index contributed by atoms with van der Waals surface area (Å²) < 4.78 is 13.6. The Kier molecular flexibility index (Phi) is 8.37. The fraction of sp³-hybridized carbons (Fsp3) is 0.276. The lowest BCUT2D eigenvalue weighted by Gasteiger charge is -2.17. The number of hydrogen-bond acceptors (Lipinski definition) is 9. The van der Waals surface area contributed by atoms with Gasteiger partial charge in [0.05, 0.1) is 38.3 Å². The molecule has 0 saturated heterocycles. The van der Waals surface area contributed by atoms with Crippen molar-refractivity contribution in [3.8, 4) is 0 Å². The molecule has 4 aromatic rings. The van der Waals surface area contributed by atoms with Gasteiger partial charge < -0.3 is 29.2 Å². The van der Waals surface area contributed by atoms with E-state index in [4.69, 9.17) is 9.47 Å². The fourth-order valence-corrected chi connectivity index (χ4v) is 4.69. The number of benzene rings is 1. The molecule has 0 radical (unpaired) electrons. The van der Waals surface area contributed by atoms with Gasteiger partial charge in [0.15, 0.2) is 0 Å². The third-order valence-electron chi connectivity index (χ3n) is 6.72. The second-order valence-corrected chi connectivity index (χ2v) is 9.81. The number of nitrogens with zero attached hydrogens (tertiary/aromatic N) is 5. The van der Waals surface area contributed by atoms with Crippen LogP contribution in [0.1, 0.15) is 43.5 Å². The van der Waals surface area contributed by atoms with Crippen molar-refractivity contribution >= 4 is 23.8 Å². The van der Waals surface area contributed by atoms with Gasteiger partial charge in [-0.15, -0.1) is 0 Å². The number of hydrogen-bond donors (Lipinski definition) is 2. The molecule has 2 atom stereocenters. The van der Waals surface area contributed by atoms with Gasteiger partial charge in [0.1, 0.15) is 23.5 Å². The maximum Gasteiger partial charge on any atom is 0.328 e. The van der Waals surface area contributed by atoms with Gasteiger partial charge in [0.25, 0.3) is 11.8 Å². The van der Waals surface area contributed by atoms with Crippen LogP contribution in [0.4, 0.5) is 0 Å². The molecule has 0 fully saturated rings. The maximum atomic E-state index is 13.1. The van der Waals surface area contributed by atoms with Crippen LogP contribution < -0.4 is 10.6 Å². The second kappa shape index (κ2) is 12.5. The number of methoxy groups -OCH3 is 2. The Balaban J connectivity index is 1.49. The van der Waals surface area contributed by atoms with E-state index in [-0.39, 0.29) is 24.2 Å². The number of imidazole rings is 2. The van der Waals surface area contributed by atoms with E-state index < -0.39 is 35.8 Å². The number of rotatable bonds is 2. The highest BCUT2D eigenvalue weighted by molar-refractivity contribution is 5.98. The average molecular weight is 572 g/mol. The summed E-state index contributed by atoms with van der Waals surface area (Å²) in [6, 6.07) is 10.2. The Hall–Kier alpha value is -5.33. The molecule has 5 rings (SSSR count). The van der Waals surface area contributed by atoms with Crippen molar-refractivity contribution < 1.29 is 28.7 Å². The lowest BCUT2D eigenvalue weighted by atomic mass is 10.1. The molecule has 1 aliphatic heterocycles. The Bertz CT molecular complexity index is 1520. The molecule has 2 unspecified atom stereocenters. The largest absolute Gasteiger partial charge is 0.467 e. The molecule has 8 bridgehead atoms. The maximum absolute atomic E-state index is 13.1. The molecule has 2 N–H and O–H groups in total. The third-order valence-corrected chi connectivity index (χ3v) is 6.72. The smallest absolute Gasteiger partial charge is 0.328 e. The highest BCUT2D eigenvalue weighted by atomic mass is 16.5. The first-order valence-corrected chi connectivity index (χ1v) is 13.1. The van der Waals surface area contributed by atoms with Crippen LogP contribution in [-0.4, -0.2) is 74.1 Å². The molecule has 13 heteroatoms. The van der Waals surface area contributed by atoms with Crippen LogP contribution in [0.3, 0.4) is 0 Å². The monoisotopic (exact) mass is 571 g/mol. The topological polar surface area (TPSA) is 159 Å². The summed E-state index contributed by atoms with van der Waals surface area (Å²) in [4.78, 5) is 64.3. The molecule has 0 spiro atoms. The molecule has 0 saturated carbocycles. The molecule has 13 nitrogen and oxygen atoms in total. The lowest BCUT2D eigenvalue weighted by molar-refractivity contribution is -0.143. The molecule has 216 valence electrons. The SMILES string of the molecule is COC(=O)C1Cc2cn(cn2)Cc2cccc(c2)Cn2cnc(c2)CC(C(=O)OC)NC(=O)c2cccc(n2)C(=O)N1. The van der Waals surface area contributed by atoms with Crippen LogP contribution in [0.25, 0.3) is 0 Å². The molecule has 3 aromatic heterocycles. The molecule has 4 heterocycles. The van der Waals surface area contributed by atoms with E-state index in [1.807, 2.05) is 39.7 Å². The van der Waals surface area contributed by atoms with E-state index >= 15 is 0 Å². The van der Waals surface area contributed by atoms with Crippen molar-refractivity contribution in [2.24, 2.45) is 0 Å². The van der Waals surface area contributed by atoms with Crippen LogP contribution in [-0.2, 0) is 45.0 Å². The summed E-state index contributed by atoms with van der Waals surface area (Å²) in [5.74, 6) is -2.69. The van der Waals surface area contributed by atoms with Gasteiger partial charge in [-0.2, -0.15) is 0 Å². The van der Waals surface area contributed by atoms with Crippen molar-refractivity contribution in [2.75, 3.05) is 14.2 Å². The minimum atomic E-state index is -1.05. The number of fused-ring (bicyclic) bond motifs is 8. The number of carbonyl (C=O) groups is 4. The summed E-state index contributed by atoms with van der Waals surface area (Å²) in [5.41, 5.74) is 3.03. The summed E-state index contributed by atoms with van der Waals surface area (Å²) in [6.07, 6.45) is 7.10. The van der Waals surface area contributed by atoms with Crippen molar-refractivity contribution in [1.29, 1.82) is 0 Å². The fourth-order valence-electron chi connectivity index (χ4n) is 4.69. The minimum absolute atomic E-state index is 0.0788. The summed E-state index contributed by atoms with van der Waals surface area (Å²) in [7, 11) is 2.46. The third kappa shape index (κ3) is 6.69. The number of carbonyl (C=O) groups excluding carboxylic acids is 4. The van der Waals surface area contributed by atoms with Crippen LogP contribution in [0.2, 0.25) is 0 Å². The van der Waals surface area contributed by atoms with Gasteiger partial charge in [-0.3, -0.25) is 9.59 Å². The van der Waals surface area contributed by atoms with Crippen molar-refractivity contribution in [3.63, 3.8) is 0 Å².